The summed E-state index contributed by atoms with van der Waals surface area (Å²) in [7, 11) is 0. The first-order valence-corrected chi connectivity index (χ1v) is 8.43. The molecule has 1 aliphatic rings. The molecule has 0 aliphatic carbocycles. The van der Waals surface area contributed by atoms with Gasteiger partial charge in [-0.15, -0.1) is 11.8 Å². The molecule has 6 nitrogen and oxygen atoms in total. The highest BCUT2D eigenvalue weighted by Gasteiger charge is 2.37. The lowest BCUT2D eigenvalue weighted by molar-refractivity contribution is -0.385. The SMILES string of the molecule is CC1=C(SC(C)C)C(c2ccccc2[N+](=O)[O-])C(C(=O)O)=C(C)N1. The number of carbonyl (C=O) groups is 1. The number of hydrogen-bond acceptors (Lipinski definition) is 5. The van der Waals surface area contributed by atoms with Gasteiger partial charge in [0.1, 0.15) is 0 Å². The number of carboxylic acids is 1. The van der Waals surface area contributed by atoms with Crippen molar-refractivity contribution in [3.05, 3.63) is 61.8 Å². The Labute approximate surface area is 144 Å². The highest BCUT2D eigenvalue weighted by Crippen LogP contribution is 2.47. The summed E-state index contributed by atoms with van der Waals surface area (Å²) < 4.78 is 0. The Morgan fingerprint density at radius 2 is 1.92 bits per heavy atom. The number of aliphatic carboxylic acids is 1. The number of hydrogen-bond donors (Lipinski definition) is 2. The fourth-order valence-electron chi connectivity index (χ4n) is 2.86. The van der Waals surface area contributed by atoms with Gasteiger partial charge >= 0.3 is 5.97 Å². The second-order valence-corrected chi connectivity index (χ2v) is 7.49. The zero-order valence-electron chi connectivity index (χ0n) is 14.0. The van der Waals surface area contributed by atoms with Crippen molar-refractivity contribution >= 4 is 23.4 Å². The van der Waals surface area contributed by atoms with Crippen molar-refractivity contribution in [3.63, 3.8) is 0 Å². The van der Waals surface area contributed by atoms with Crippen LogP contribution >= 0.6 is 11.8 Å². The largest absolute Gasteiger partial charge is 0.478 e. The van der Waals surface area contributed by atoms with Gasteiger partial charge in [0.25, 0.3) is 5.69 Å². The van der Waals surface area contributed by atoms with Gasteiger partial charge in [-0.2, -0.15) is 0 Å². The van der Waals surface area contributed by atoms with Gasteiger partial charge in [-0.1, -0.05) is 32.0 Å². The molecule has 0 amide bonds. The normalized spacial score (nSPS) is 18.0. The third kappa shape index (κ3) is 3.46. The molecule has 0 bridgehead atoms. The number of nitro groups is 1. The molecule has 1 atom stereocenters. The van der Waals surface area contributed by atoms with E-state index in [2.05, 4.69) is 5.32 Å². The smallest absolute Gasteiger partial charge is 0.334 e. The molecule has 1 aliphatic heterocycles. The molecule has 0 saturated heterocycles. The molecule has 1 aromatic carbocycles. The molecule has 0 radical (unpaired) electrons. The predicted molar refractivity (Wildman–Crippen MR) is 94.7 cm³/mol. The van der Waals surface area contributed by atoms with Gasteiger partial charge in [0, 0.05) is 33.2 Å². The second-order valence-electron chi connectivity index (χ2n) is 5.87. The first kappa shape index (κ1) is 18.1. The Morgan fingerprint density at radius 1 is 1.29 bits per heavy atom. The van der Waals surface area contributed by atoms with Crippen LogP contribution in [-0.2, 0) is 4.79 Å². The topological polar surface area (TPSA) is 92.5 Å². The van der Waals surface area contributed by atoms with Gasteiger partial charge in [-0.05, 0) is 13.8 Å². The second kappa shape index (κ2) is 7.09. The van der Waals surface area contributed by atoms with Crippen molar-refractivity contribution < 1.29 is 14.8 Å². The fourth-order valence-corrected chi connectivity index (χ4v) is 3.98. The van der Waals surface area contributed by atoms with Crippen molar-refractivity contribution in [1.82, 2.24) is 5.32 Å². The lowest BCUT2D eigenvalue weighted by atomic mass is 9.85. The molecule has 128 valence electrons. The number of rotatable bonds is 5. The summed E-state index contributed by atoms with van der Waals surface area (Å²) in [5.41, 5.74) is 1.84. The summed E-state index contributed by atoms with van der Waals surface area (Å²) in [4.78, 5) is 23.7. The lowest BCUT2D eigenvalue weighted by Gasteiger charge is -2.31. The molecule has 1 unspecified atom stereocenters. The van der Waals surface area contributed by atoms with E-state index in [1.165, 1.54) is 17.8 Å². The molecular formula is C17H20N2O4S. The number of para-hydroxylation sites is 1. The molecule has 7 heteroatoms. The number of nitrogens with one attached hydrogen (secondary N) is 1. The standard InChI is InChI=1S/C17H20N2O4S/c1-9(2)24-16-11(4)18-10(3)14(17(20)21)15(16)12-7-5-6-8-13(12)19(22)23/h5-9,15,18H,1-4H3,(H,20,21). The van der Waals surface area contributed by atoms with E-state index in [1.54, 1.807) is 25.1 Å². The zero-order valence-corrected chi connectivity index (χ0v) is 14.8. The molecule has 24 heavy (non-hydrogen) atoms. The van der Waals surface area contributed by atoms with E-state index in [-0.39, 0.29) is 16.5 Å². The Hall–Kier alpha value is -2.28. The monoisotopic (exact) mass is 348 g/mol. The van der Waals surface area contributed by atoms with E-state index in [0.717, 1.165) is 10.6 Å². The summed E-state index contributed by atoms with van der Waals surface area (Å²) in [6.07, 6.45) is 0. The number of carboxylic acid groups (broad SMARTS) is 1. The van der Waals surface area contributed by atoms with Crippen LogP contribution < -0.4 is 5.32 Å². The summed E-state index contributed by atoms with van der Waals surface area (Å²) in [6, 6.07) is 6.34. The molecule has 0 fully saturated rings. The molecule has 2 rings (SSSR count). The lowest BCUT2D eigenvalue weighted by Crippen LogP contribution is -2.28. The first-order chi connectivity index (χ1) is 11.2. The van der Waals surface area contributed by atoms with Crippen LogP contribution in [0.4, 0.5) is 5.69 Å². The number of benzene rings is 1. The van der Waals surface area contributed by atoms with Crippen LogP contribution in [0.25, 0.3) is 0 Å². The minimum absolute atomic E-state index is 0.0643. The third-order valence-electron chi connectivity index (χ3n) is 3.74. The van der Waals surface area contributed by atoms with Gasteiger partial charge in [0.2, 0.25) is 0 Å². The maximum absolute atomic E-state index is 11.9. The van der Waals surface area contributed by atoms with E-state index in [1.807, 2.05) is 20.8 Å². The van der Waals surface area contributed by atoms with E-state index in [4.69, 9.17) is 0 Å². The number of allylic oxidation sites excluding steroid dienone is 3. The Bertz CT molecular complexity index is 753. The summed E-state index contributed by atoms with van der Waals surface area (Å²) in [5, 5.41) is 24.5. The zero-order chi connectivity index (χ0) is 18.0. The average Bonchev–Trinajstić information content (AvgIpc) is 2.48. The van der Waals surface area contributed by atoms with Crippen molar-refractivity contribution in [3.8, 4) is 0 Å². The van der Waals surface area contributed by atoms with Gasteiger partial charge in [0.15, 0.2) is 0 Å². The molecule has 0 saturated carbocycles. The molecule has 0 spiro atoms. The fraction of sp³-hybridized carbons (Fsp3) is 0.353. The number of nitro benzene ring substituents is 1. The molecular weight excluding hydrogens is 328 g/mol. The van der Waals surface area contributed by atoms with Crippen LogP contribution in [0.2, 0.25) is 0 Å². The quantitative estimate of drug-likeness (QED) is 0.617. The van der Waals surface area contributed by atoms with Crippen LogP contribution in [0.15, 0.2) is 46.1 Å². The minimum Gasteiger partial charge on any atom is -0.478 e. The number of dihydropyridines is 1. The van der Waals surface area contributed by atoms with Crippen molar-refractivity contribution in [2.24, 2.45) is 0 Å². The van der Waals surface area contributed by atoms with Crippen molar-refractivity contribution in [1.29, 1.82) is 0 Å². The van der Waals surface area contributed by atoms with Crippen LogP contribution in [0.1, 0.15) is 39.2 Å². The Kier molecular flexibility index (Phi) is 5.33. The highest BCUT2D eigenvalue weighted by atomic mass is 32.2. The van der Waals surface area contributed by atoms with E-state index in [9.17, 15) is 20.0 Å². The number of nitrogens with zero attached hydrogens (tertiary/aromatic N) is 1. The minimum atomic E-state index is -1.07. The average molecular weight is 348 g/mol. The van der Waals surface area contributed by atoms with Crippen molar-refractivity contribution in [2.45, 2.75) is 38.9 Å². The molecule has 0 aromatic heterocycles. The van der Waals surface area contributed by atoms with Gasteiger partial charge in [-0.3, -0.25) is 10.1 Å². The van der Waals surface area contributed by atoms with Crippen LogP contribution in [0.3, 0.4) is 0 Å². The Morgan fingerprint density at radius 3 is 2.46 bits per heavy atom. The maximum Gasteiger partial charge on any atom is 0.334 e. The van der Waals surface area contributed by atoms with Crippen LogP contribution in [-0.4, -0.2) is 21.2 Å². The summed E-state index contributed by atoms with van der Waals surface area (Å²) in [6.45, 7) is 7.57. The van der Waals surface area contributed by atoms with Crippen LogP contribution in [0.5, 0.6) is 0 Å². The van der Waals surface area contributed by atoms with E-state index >= 15 is 0 Å². The van der Waals surface area contributed by atoms with Gasteiger partial charge in [0.05, 0.1) is 16.4 Å². The third-order valence-corrected chi connectivity index (χ3v) is 5.00. The molecule has 1 heterocycles. The van der Waals surface area contributed by atoms with Crippen molar-refractivity contribution in [2.75, 3.05) is 0 Å². The van der Waals surface area contributed by atoms with Gasteiger partial charge in [-0.25, -0.2) is 4.79 Å². The van der Waals surface area contributed by atoms with E-state index < -0.39 is 16.8 Å². The van der Waals surface area contributed by atoms with E-state index in [0.29, 0.717) is 11.3 Å². The first-order valence-electron chi connectivity index (χ1n) is 7.55. The summed E-state index contributed by atoms with van der Waals surface area (Å²) in [5.74, 6) is -1.73. The molecule has 1 aromatic rings. The maximum atomic E-state index is 11.9. The van der Waals surface area contributed by atoms with Crippen LogP contribution in [0, 0.1) is 10.1 Å². The Balaban J connectivity index is 2.73. The molecule has 2 N–H and O–H groups in total. The van der Waals surface area contributed by atoms with Gasteiger partial charge < -0.3 is 10.4 Å². The predicted octanol–water partition coefficient (Wildman–Crippen LogP) is 4.01. The number of thioether (sulfide) groups is 1. The summed E-state index contributed by atoms with van der Waals surface area (Å²) >= 11 is 1.53. The highest BCUT2D eigenvalue weighted by molar-refractivity contribution is 8.03.